The number of carbonyl (C=O) groups excluding carboxylic acids is 2. The minimum absolute atomic E-state index is 0.00549. The summed E-state index contributed by atoms with van der Waals surface area (Å²) in [6.45, 7) is 1.39. The van der Waals surface area contributed by atoms with Crippen LogP contribution in [0.15, 0.2) is 81.4 Å². The van der Waals surface area contributed by atoms with Crippen LogP contribution in [0.5, 0.6) is 0 Å². The molecule has 3 aromatic carbocycles. The number of para-hydroxylation sites is 2. The third-order valence-electron chi connectivity index (χ3n) is 5.48. The van der Waals surface area contributed by atoms with Crippen LogP contribution < -0.4 is 15.5 Å². The van der Waals surface area contributed by atoms with Crippen molar-refractivity contribution in [1.82, 2.24) is 5.32 Å². The van der Waals surface area contributed by atoms with Gasteiger partial charge in [0.15, 0.2) is 0 Å². The van der Waals surface area contributed by atoms with E-state index in [1.165, 1.54) is 21.2 Å². The summed E-state index contributed by atoms with van der Waals surface area (Å²) in [5, 5.41) is 5.93. The maximum Gasteiger partial charge on any atom is 0.251 e. The van der Waals surface area contributed by atoms with E-state index in [1.54, 1.807) is 29.6 Å². The molecule has 0 atom stereocenters. The largest absolute Gasteiger partial charge is 0.352 e. The van der Waals surface area contributed by atoms with Crippen molar-refractivity contribution in [2.24, 2.45) is 0 Å². The molecule has 2 amide bonds. The van der Waals surface area contributed by atoms with Gasteiger partial charge in [0.1, 0.15) is 0 Å². The van der Waals surface area contributed by atoms with E-state index in [2.05, 4.69) is 64.1 Å². The highest BCUT2D eigenvalue weighted by Crippen LogP contribution is 2.47. The zero-order valence-corrected chi connectivity index (χ0v) is 19.1. The van der Waals surface area contributed by atoms with Crippen LogP contribution >= 0.6 is 23.5 Å². The monoisotopic (exact) mass is 461 g/mol. The van der Waals surface area contributed by atoms with Gasteiger partial charge in [0.25, 0.3) is 5.91 Å². The Morgan fingerprint density at radius 3 is 2.44 bits per heavy atom. The maximum atomic E-state index is 12.7. The fourth-order valence-corrected chi connectivity index (χ4v) is 5.96. The number of carbonyl (C=O) groups is 2. The number of nitrogens with one attached hydrogen (secondary N) is 2. The molecule has 0 saturated heterocycles. The molecule has 5 rings (SSSR count). The second kappa shape index (κ2) is 9.30. The Bertz CT molecular complexity index is 1140. The molecule has 32 heavy (non-hydrogen) atoms. The van der Waals surface area contributed by atoms with Gasteiger partial charge in [0.2, 0.25) is 5.91 Å². The first-order valence-electron chi connectivity index (χ1n) is 10.7. The van der Waals surface area contributed by atoms with Gasteiger partial charge in [-0.15, -0.1) is 11.8 Å². The number of nitrogens with zero attached hydrogens (tertiary/aromatic N) is 1. The molecule has 0 bridgehead atoms. The lowest BCUT2D eigenvalue weighted by molar-refractivity contribution is -0.115. The molecule has 0 spiro atoms. The molecule has 0 aromatic heterocycles. The quantitative estimate of drug-likeness (QED) is 0.488. The van der Waals surface area contributed by atoms with Crippen molar-refractivity contribution in [1.29, 1.82) is 0 Å². The molecule has 162 valence electrons. The average Bonchev–Trinajstić information content (AvgIpc) is 3.00. The number of fused-ring (bicyclic) bond motifs is 3. The summed E-state index contributed by atoms with van der Waals surface area (Å²) in [4.78, 5) is 30.4. The van der Waals surface area contributed by atoms with Crippen LogP contribution in [0.25, 0.3) is 0 Å². The summed E-state index contributed by atoms with van der Waals surface area (Å²) >= 11 is 3.44. The van der Waals surface area contributed by atoms with Crippen LogP contribution in [0, 0.1) is 0 Å². The Morgan fingerprint density at radius 1 is 0.969 bits per heavy atom. The molecule has 7 heteroatoms. The number of amides is 2. The lowest BCUT2D eigenvalue weighted by atomic mass is 10.1. The molecule has 0 unspecified atom stereocenters. The van der Waals surface area contributed by atoms with E-state index in [0.29, 0.717) is 18.5 Å². The van der Waals surface area contributed by atoms with E-state index in [0.717, 1.165) is 29.3 Å². The van der Waals surface area contributed by atoms with E-state index in [4.69, 9.17) is 0 Å². The summed E-state index contributed by atoms with van der Waals surface area (Å²) < 4.78 is 0. The highest BCUT2D eigenvalue weighted by atomic mass is 32.2. The summed E-state index contributed by atoms with van der Waals surface area (Å²) in [7, 11) is 0. The predicted molar refractivity (Wildman–Crippen MR) is 131 cm³/mol. The van der Waals surface area contributed by atoms with E-state index >= 15 is 0 Å². The normalized spacial score (nSPS) is 14.5. The van der Waals surface area contributed by atoms with E-state index in [-0.39, 0.29) is 11.8 Å². The fourth-order valence-electron chi connectivity index (χ4n) is 3.92. The molecule has 2 aliphatic heterocycles. The number of anilines is 3. The Hall–Kier alpha value is -2.90. The lowest BCUT2D eigenvalue weighted by Gasteiger charge is -2.32. The van der Waals surface area contributed by atoms with Gasteiger partial charge in [-0.1, -0.05) is 36.0 Å². The zero-order chi connectivity index (χ0) is 21.9. The van der Waals surface area contributed by atoms with Crippen molar-refractivity contribution in [2.45, 2.75) is 27.5 Å². The highest BCUT2D eigenvalue weighted by Gasteiger charge is 2.22. The van der Waals surface area contributed by atoms with Gasteiger partial charge in [0.05, 0.1) is 17.1 Å². The molecule has 0 saturated carbocycles. The number of benzene rings is 3. The van der Waals surface area contributed by atoms with Gasteiger partial charge in [-0.25, -0.2) is 0 Å². The average molecular weight is 462 g/mol. The summed E-state index contributed by atoms with van der Waals surface area (Å²) in [5.74, 6) is 0.631. The van der Waals surface area contributed by atoms with Crippen LogP contribution in [0.3, 0.4) is 0 Å². The first kappa shape index (κ1) is 21.0. The highest BCUT2D eigenvalue weighted by molar-refractivity contribution is 8.00. The van der Waals surface area contributed by atoms with E-state index in [9.17, 15) is 9.59 Å². The first-order chi connectivity index (χ1) is 15.7. The maximum absolute atomic E-state index is 12.7. The molecule has 2 aliphatic rings. The number of rotatable bonds is 5. The number of hydrogen-bond acceptors (Lipinski definition) is 5. The van der Waals surface area contributed by atoms with E-state index < -0.39 is 0 Å². The first-order valence-corrected chi connectivity index (χ1v) is 12.5. The zero-order valence-electron chi connectivity index (χ0n) is 17.5. The number of hydrogen-bond donors (Lipinski definition) is 2. The van der Waals surface area contributed by atoms with Gasteiger partial charge in [-0.2, -0.15) is 0 Å². The SMILES string of the molecule is O=C1CCSc2ccc(C(=O)NCCCN3c4ccccc4Sc4ccccc43)cc2N1. The van der Waals surface area contributed by atoms with Gasteiger partial charge in [0, 0.05) is 45.5 Å². The third-order valence-corrected chi connectivity index (χ3v) is 7.68. The standard InChI is InChI=1S/C25H23N3O2S2/c29-24-12-15-31-21-11-10-17(16-18(21)27-24)25(30)26-13-5-14-28-19-6-1-3-8-22(19)32-23-9-4-2-7-20(23)28/h1-4,6-11,16H,5,12-15H2,(H,26,30)(H,27,29). The third kappa shape index (κ3) is 4.36. The van der Waals surface area contributed by atoms with Crippen molar-refractivity contribution in [3.63, 3.8) is 0 Å². The van der Waals surface area contributed by atoms with Gasteiger partial charge in [-0.05, 0) is 48.9 Å². The Morgan fingerprint density at radius 2 is 1.69 bits per heavy atom. The van der Waals surface area contributed by atoms with Crippen molar-refractivity contribution in [3.05, 3.63) is 72.3 Å². The molecular weight excluding hydrogens is 438 g/mol. The molecule has 2 N–H and O–H groups in total. The van der Waals surface area contributed by atoms with Crippen LogP contribution in [0.1, 0.15) is 23.2 Å². The Balaban J connectivity index is 1.23. The van der Waals surface area contributed by atoms with Gasteiger partial charge >= 0.3 is 0 Å². The van der Waals surface area contributed by atoms with Gasteiger partial charge in [-0.3, -0.25) is 9.59 Å². The lowest BCUT2D eigenvalue weighted by Crippen LogP contribution is -2.29. The van der Waals surface area contributed by atoms with Crippen LogP contribution in [-0.4, -0.2) is 30.7 Å². The molecule has 2 heterocycles. The van der Waals surface area contributed by atoms with Crippen LogP contribution in [-0.2, 0) is 4.79 Å². The van der Waals surface area contributed by atoms with Gasteiger partial charge < -0.3 is 15.5 Å². The minimum Gasteiger partial charge on any atom is -0.352 e. The minimum atomic E-state index is -0.119. The number of thioether (sulfide) groups is 1. The molecular formula is C25H23N3O2S2. The molecule has 5 nitrogen and oxygen atoms in total. The second-order valence-electron chi connectivity index (χ2n) is 7.66. The van der Waals surface area contributed by atoms with Crippen molar-refractivity contribution >= 4 is 52.4 Å². The molecule has 0 radical (unpaired) electrons. The fraction of sp³-hybridized carbons (Fsp3) is 0.200. The van der Waals surface area contributed by atoms with E-state index in [1.807, 2.05) is 12.1 Å². The topological polar surface area (TPSA) is 61.4 Å². The predicted octanol–water partition coefficient (Wildman–Crippen LogP) is 5.54. The summed E-state index contributed by atoms with van der Waals surface area (Å²) in [5.41, 5.74) is 3.71. The Kier molecular flexibility index (Phi) is 6.10. The smallest absolute Gasteiger partial charge is 0.251 e. The van der Waals surface area contributed by atoms with Crippen molar-refractivity contribution in [2.75, 3.05) is 29.1 Å². The van der Waals surface area contributed by atoms with Crippen LogP contribution in [0.2, 0.25) is 0 Å². The molecule has 0 aliphatic carbocycles. The molecule has 0 fully saturated rings. The van der Waals surface area contributed by atoms with Crippen LogP contribution in [0.4, 0.5) is 17.1 Å². The Labute approximate surface area is 196 Å². The second-order valence-corrected chi connectivity index (χ2v) is 9.88. The van der Waals surface area contributed by atoms with Crippen molar-refractivity contribution in [3.8, 4) is 0 Å². The summed E-state index contributed by atoms with van der Waals surface area (Å²) in [6.07, 6.45) is 1.30. The summed E-state index contributed by atoms with van der Waals surface area (Å²) in [6, 6.07) is 22.4. The van der Waals surface area contributed by atoms with Crippen molar-refractivity contribution < 1.29 is 9.59 Å². The molecule has 3 aromatic rings.